The second-order valence-corrected chi connectivity index (χ2v) is 5.83. The van der Waals surface area contributed by atoms with Crippen molar-refractivity contribution >= 4 is 15.7 Å². The maximum Gasteiger partial charge on any atom is 0.220 e. The summed E-state index contributed by atoms with van der Waals surface area (Å²) in [5.41, 5.74) is 0.517. The van der Waals surface area contributed by atoms with E-state index in [1.165, 1.54) is 31.3 Å². The van der Waals surface area contributed by atoms with Crippen molar-refractivity contribution < 1.29 is 17.6 Å². The van der Waals surface area contributed by atoms with Crippen LogP contribution in [-0.4, -0.2) is 27.1 Å². The van der Waals surface area contributed by atoms with E-state index in [4.69, 9.17) is 0 Å². The highest BCUT2D eigenvalue weighted by atomic mass is 32.2. The van der Waals surface area contributed by atoms with Crippen LogP contribution in [0.15, 0.2) is 24.3 Å². The van der Waals surface area contributed by atoms with Crippen molar-refractivity contribution in [1.29, 1.82) is 0 Å². The molecular formula is C11H14FNO3S. The van der Waals surface area contributed by atoms with Crippen LogP contribution in [0.2, 0.25) is 0 Å². The number of hydrogen-bond acceptors (Lipinski definition) is 3. The largest absolute Gasteiger partial charge is 0.359 e. The van der Waals surface area contributed by atoms with Crippen molar-refractivity contribution in [2.45, 2.75) is 12.2 Å². The van der Waals surface area contributed by atoms with Crippen LogP contribution in [0.1, 0.15) is 12.0 Å². The SMILES string of the molecule is CNC(=O)CCS(=O)(=O)Cc1ccc(F)cc1. The van der Waals surface area contributed by atoms with E-state index in [2.05, 4.69) is 5.32 Å². The molecule has 1 aromatic rings. The maximum atomic E-state index is 12.6. The molecule has 0 saturated heterocycles. The molecule has 0 unspecified atom stereocenters. The first kappa shape index (κ1) is 13.6. The van der Waals surface area contributed by atoms with Gasteiger partial charge in [0.2, 0.25) is 5.91 Å². The first-order valence-corrected chi connectivity index (χ1v) is 6.90. The van der Waals surface area contributed by atoms with Crippen LogP contribution in [0.5, 0.6) is 0 Å². The molecule has 0 spiro atoms. The average molecular weight is 259 g/mol. The standard InChI is InChI=1S/C11H14FNO3S/c1-13-11(14)6-7-17(15,16)8-9-2-4-10(12)5-3-9/h2-5H,6-8H2,1H3,(H,13,14). The first-order chi connectivity index (χ1) is 7.93. The molecule has 4 nitrogen and oxygen atoms in total. The van der Waals surface area contributed by atoms with Crippen molar-refractivity contribution in [1.82, 2.24) is 5.32 Å². The highest BCUT2D eigenvalue weighted by molar-refractivity contribution is 7.90. The van der Waals surface area contributed by atoms with Gasteiger partial charge < -0.3 is 5.32 Å². The number of sulfone groups is 1. The van der Waals surface area contributed by atoms with Crippen molar-refractivity contribution in [3.8, 4) is 0 Å². The zero-order valence-corrected chi connectivity index (χ0v) is 10.3. The molecule has 0 bridgehead atoms. The molecule has 1 rings (SSSR count). The van der Waals surface area contributed by atoms with Crippen molar-refractivity contribution in [2.24, 2.45) is 0 Å². The minimum Gasteiger partial charge on any atom is -0.359 e. The molecule has 0 saturated carbocycles. The second kappa shape index (κ2) is 5.77. The lowest BCUT2D eigenvalue weighted by Crippen LogP contribution is -2.22. The highest BCUT2D eigenvalue weighted by Crippen LogP contribution is 2.08. The summed E-state index contributed by atoms with van der Waals surface area (Å²) >= 11 is 0. The summed E-state index contributed by atoms with van der Waals surface area (Å²) in [4.78, 5) is 10.9. The lowest BCUT2D eigenvalue weighted by Gasteiger charge is -2.04. The number of halogens is 1. The summed E-state index contributed by atoms with van der Waals surface area (Å²) in [5, 5.41) is 2.36. The van der Waals surface area contributed by atoms with E-state index < -0.39 is 15.7 Å². The summed E-state index contributed by atoms with van der Waals surface area (Å²) in [7, 11) is -1.88. The third-order valence-electron chi connectivity index (χ3n) is 2.22. The van der Waals surface area contributed by atoms with Gasteiger partial charge in [-0.2, -0.15) is 0 Å². The fourth-order valence-electron chi connectivity index (χ4n) is 1.28. The van der Waals surface area contributed by atoms with E-state index in [1.807, 2.05) is 0 Å². The van der Waals surface area contributed by atoms with Crippen LogP contribution in [0.25, 0.3) is 0 Å². The Kier molecular flexibility index (Phi) is 4.62. The molecule has 1 aromatic carbocycles. The Labute approximate surface area is 99.8 Å². The zero-order chi connectivity index (χ0) is 12.9. The predicted molar refractivity (Wildman–Crippen MR) is 62.6 cm³/mol. The Balaban J connectivity index is 2.60. The monoisotopic (exact) mass is 259 g/mol. The molecule has 17 heavy (non-hydrogen) atoms. The minimum atomic E-state index is -3.34. The van der Waals surface area contributed by atoms with Crippen LogP contribution < -0.4 is 5.32 Å². The van der Waals surface area contributed by atoms with Gasteiger partial charge in [-0.3, -0.25) is 4.79 Å². The third kappa shape index (κ3) is 4.95. The van der Waals surface area contributed by atoms with E-state index in [9.17, 15) is 17.6 Å². The Morgan fingerprint density at radius 3 is 2.41 bits per heavy atom. The maximum absolute atomic E-state index is 12.6. The normalized spacial score (nSPS) is 11.2. The molecule has 94 valence electrons. The van der Waals surface area contributed by atoms with E-state index in [0.29, 0.717) is 5.56 Å². The molecule has 0 heterocycles. The molecule has 0 aliphatic rings. The number of nitrogens with one attached hydrogen (secondary N) is 1. The van der Waals surface area contributed by atoms with Crippen LogP contribution in [0, 0.1) is 5.82 Å². The van der Waals surface area contributed by atoms with Gasteiger partial charge in [0, 0.05) is 13.5 Å². The third-order valence-corrected chi connectivity index (χ3v) is 3.82. The Bertz CT molecular complexity index is 482. The predicted octanol–water partition coefficient (Wildman–Crippen LogP) is 0.877. The van der Waals surface area contributed by atoms with Crippen LogP contribution in [-0.2, 0) is 20.4 Å². The first-order valence-electron chi connectivity index (χ1n) is 5.08. The molecular weight excluding hydrogens is 245 g/mol. The van der Waals surface area contributed by atoms with E-state index in [-0.39, 0.29) is 23.8 Å². The summed E-state index contributed by atoms with van der Waals surface area (Å²) < 4.78 is 35.9. The number of amides is 1. The van der Waals surface area contributed by atoms with Crippen molar-refractivity contribution in [2.75, 3.05) is 12.8 Å². The number of hydrogen-bond donors (Lipinski definition) is 1. The number of carbonyl (C=O) groups excluding carboxylic acids is 1. The lowest BCUT2D eigenvalue weighted by atomic mass is 10.2. The average Bonchev–Trinajstić information content (AvgIpc) is 2.29. The fraction of sp³-hybridized carbons (Fsp3) is 0.364. The summed E-state index contributed by atoms with van der Waals surface area (Å²) in [6.45, 7) is 0. The van der Waals surface area contributed by atoms with E-state index in [0.717, 1.165) is 0 Å². The minimum absolute atomic E-state index is 0.0555. The number of benzene rings is 1. The quantitative estimate of drug-likeness (QED) is 0.853. The molecule has 0 fully saturated rings. The molecule has 0 aliphatic carbocycles. The Morgan fingerprint density at radius 1 is 1.29 bits per heavy atom. The van der Waals surface area contributed by atoms with Crippen molar-refractivity contribution in [3.63, 3.8) is 0 Å². The lowest BCUT2D eigenvalue weighted by molar-refractivity contribution is -0.120. The Hall–Kier alpha value is -1.43. The van der Waals surface area contributed by atoms with E-state index in [1.54, 1.807) is 0 Å². The van der Waals surface area contributed by atoms with Crippen LogP contribution in [0.3, 0.4) is 0 Å². The van der Waals surface area contributed by atoms with Gasteiger partial charge in [0.15, 0.2) is 9.84 Å². The zero-order valence-electron chi connectivity index (χ0n) is 9.44. The topological polar surface area (TPSA) is 63.2 Å². The molecule has 0 radical (unpaired) electrons. The molecule has 1 N–H and O–H groups in total. The summed E-state index contributed by atoms with van der Waals surface area (Å²) in [5.74, 6) is -1.10. The molecule has 1 amide bonds. The highest BCUT2D eigenvalue weighted by Gasteiger charge is 2.13. The molecule has 6 heteroatoms. The van der Waals surface area contributed by atoms with Gasteiger partial charge in [0.1, 0.15) is 5.82 Å². The molecule has 0 atom stereocenters. The second-order valence-electron chi connectivity index (χ2n) is 3.64. The van der Waals surface area contributed by atoms with Gasteiger partial charge in [0.05, 0.1) is 11.5 Å². The van der Waals surface area contributed by atoms with Gasteiger partial charge in [-0.1, -0.05) is 12.1 Å². The molecule has 0 aliphatic heterocycles. The van der Waals surface area contributed by atoms with Gasteiger partial charge in [-0.05, 0) is 17.7 Å². The number of carbonyl (C=O) groups is 1. The Morgan fingerprint density at radius 2 is 1.88 bits per heavy atom. The smallest absolute Gasteiger partial charge is 0.220 e. The fourth-order valence-corrected chi connectivity index (χ4v) is 2.62. The molecule has 0 aromatic heterocycles. The van der Waals surface area contributed by atoms with Crippen LogP contribution >= 0.6 is 0 Å². The van der Waals surface area contributed by atoms with Gasteiger partial charge in [-0.15, -0.1) is 0 Å². The van der Waals surface area contributed by atoms with Gasteiger partial charge >= 0.3 is 0 Å². The number of rotatable bonds is 5. The summed E-state index contributed by atoms with van der Waals surface area (Å²) in [6, 6.07) is 5.27. The van der Waals surface area contributed by atoms with Crippen molar-refractivity contribution in [3.05, 3.63) is 35.6 Å². The van der Waals surface area contributed by atoms with Gasteiger partial charge in [-0.25, -0.2) is 12.8 Å². The van der Waals surface area contributed by atoms with E-state index >= 15 is 0 Å². The van der Waals surface area contributed by atoms with Crippen LogP contribution in [0.4, 0.5) is 4.39 Å². The van der Waals surface area contributed by atoms with Gasteiger partial charge in [0.25, 0.3) is 0 Å². The summed E-state index contributed by atoms with van der Waals surface area (Å²) in [6.07, 6.45) is -0.0555.